The maximum Gasteiger partial charge on any atom is 0.394 e. The topological polar surface area (TPSA) is 370 Å². The van der Waals surface area contributed by atoms with E-state index >= 15 is 0 Å². The number of hydrogen-bond donors (Lipinski definition) is 4. The molecule has 0 aromatic heterocycles. The van der Waals surface area contributed by atoms with Gasteiger partial charge in [0.1, 0.15) is 0 Å². The zero-order valence-electron chi connectivity index (χ0n) is 7.74. The summed E-state index contributed by atoms with van der Waals surface area (Å²) < 4.78 is 63.2. The Morgan fingerprint density at radius 1 is 0.421 bits per heavy atom. The first-order valence-corrected chi connectivity index (χ1v) is 4.19. The van der Waals surface area contributed by atoms with Crippen LogP contribution < -0.4 is 0 Å². The lowest BCUT2D eigenvalue weighted by molar-refractivity contribution is 0.378. The third-order valence-electron chi connectivity index (χ3n) is 0. The monoisotopic (exact) mass is 374 g/mol. The first-order valence-electron chi connectivity index (χ1n) is 1.40. The maximum absolute atomic E-state index is 8.74. The molecule has 0 spiro atoms. The zero-order chi connectivity index (χ0) is 9.00. The molecular weight excluding hydrogens is 353 g/mol. The van der Waals surface area contributed by atoms with Crippen LogP contribution in [0.1, 0.15) is 0 Å². The number of hydrogen-bond acceptors (Lipinski definition) is 4. The van der Waals surface area contributed by atoms with E-state index in [0.29, 0.717) is 0 Å². The largest absolute Gasteiger partial charge is 0.412 e. The van der Waals surface area contributed by atoms with Gasteiger partial charge in [-0.25, -0.2) is 0 Å². The van der Waals surface area contributed by atoms with Gasteiger partial charge in [-0.2, -0.15) is 16.8 Å². The smallest absolute Gasteiger partial charge is 0.394 e. The molecule has 0 aliphatic rings. The van der Waals surface area contributed by atoms with Crippen molar-refractivity contribution in [1.29, 1.82) is 0 Å². The molecule has 18 N–H and O–H groups in total. The van der Waals surface area contributed by atoms with Gasteiger partial charge in [-0.3, -0.25) is 18.2 Å². The molecule has 128 valence electrons. The van der Waals surface area contributed by atoms with Crippen molar-refractivity contribution in [3.05, 3.63) is 0 Å². The number of rotatable bonds is 0. The first kappa shape index (κ1) is 89.2. The highest BCUT2D eigenvalue weighted by Crippen LogP contribution is 1.59. The zero-order valence-corrected chi connectivity index (χ0v) is 9.37. The summed E-state index contributed by atoms with van der Waals surface area (Å²) in [7, 11) is -9.33. The van der Waals surface area contributed by atoms with Gasteiger partial charge in [-0.1, -0.05) is 0 Å². The Labute approximate surface area is 140 Å². The molecule has 19 heavy (non-hydrogen) atoms. The summed E-state index contributed by atoms with van der Waals surface area (Å²) in [5.41, 5.74) is 0. The van der Waals surface area contributed by atoms with Gasteiger partial charge in [-0.15, -0.1) is 0 Å². The molecule has 0 atom stereocenters. The average Bonchev–Trinajstić information content (AvgIpc) is 1.12. The third kappa shape index (κ3) is 5570. The molecule has 0 rings (SSSR count). The molecule has 0 aromatic carbocycles. The minimum Gasteiger partial charge on any atom is -0.412 e. The van der Waals surface area contributed by atoms with Crippen molar-refractivity contribution in [3.63, 3.8) is 0 Å². The molecular formula is H22Mg2O15S2. The summed E-state index contributed by atoms with van der Waals surface area (Å²) in [6, 6.07) is 0. The van der Waals surface area contributed by atoms with Gasteiger partial charge in [0.2, 0.25) is 0 Å². The Morgan fingerprint density at radius 3 is 0.421 bits per heavy atom. The Hall–Kier alpha value is 0.992. The molecule has 0 radical (unpaired) electrons. The Bertz CT molecular complexity index is 215. The van der Waals surface area contributed by atoms with Gasteiger partial charge in [-0.05, 0) is 0 Å². The SMILES string of the molecule is O.O.O.O.O.O.O.O=S(=O)(O)O.O=S(=O)(O)O.[MgH2].[MgH2]. The quantitative estimate of drug-likeness (QED) is 0.232. The Balaban J connectivity index is -0.00000000508. The van der Waals surface area contributed by atoms with E-state index in [1.807, 2.05) is 0 Å². The molecule has 0 saturated carbocycles. The fourth-order valence-corrected chi connectivity index (χ4v) is 0. The molecule has 0 heterocycles. The van der Waals surface area contributed by atoms with Crippen molar-refractivity contribution < 1.29 is 73.4 Å². The van der Waals surface area contributed by atoms with Gasteiger partial charge >= 0.3 is 66.9 Å². The van der Waals surface area contributed by atoms with Crippen molar-refractivity contribution in [2.24, 2.45) is 0 Å². The maximum atomic E-state index is 8.74. The van der Waals surface area contributed by atoms with E-state index in [0.717, 1.165) is 0 Å². The van der Waals surface area contributed by atoms with Gasteiger partial charge in [0, 0.05) is 0 Å². The van der Waals surface area contributed by atoms with Crippen LogP contribution in [-0.4, -0.2) is 119 Å². The van der Waals surface area contributed by atoms with E-state index in [1.54, 1.807) is 0 Å². The van der Waals surface area contributed by atoms with E-state index in [4.69, 9.17) is 35.0 Å². The lowest BCUT2D eigenvalue weighted by Gasteiger charge is -1.68. The van der Waals surface area contributed by atoms with Crippen molar-refractivity contribution in [2.45, 2.75) is 0 Å². The van der Waals surface area contributed by atoms with Crippen molar-refractivity contribution in [3.8, 4) is 0 Å². The lowest BCUT2D eigenvalue weighted by atomic mass is 15.8. The molecule has 0 aromatic rings. The predicted octanol–water partition coefficient (Wildman–Crippen LogP) is -8.91. The summed E-state index contributed by atoms with van der Waals surface area (Å²) in [5, 5.41) is 0. The van der Waals surface area contributed by atoms with Crippen LogP contribution in [0.3, 0.4) is 0 Å². The first-order chi connectivity index (χ1) is 4.00. The predicted molar refractivity (Wildman–Crippen MR) is 70.7 cm³/mol. The van der Waals surface area contributed by atoms with Crippen molar-refractivity contribution in [1.82, 2.24) is 0 Å². The van der Waals surface area contributed by atoms with Crippen LogP contribution in [0.4, 0.5) is 0 Å². The second-order valence-electron chi connectivity index (χ2n) is 0.896. The van der Waals surface area contributed by atoms with E-state index in [1.165, 1.54) is 0 Å². The molecule has 0 fully saturated rings. The van der Waals surface area contributed by atoms with Crippen LogP contribution in [0.25, 0.3) is 0 Å². The van der Waals surface area contributed by atoms with E-state index in [2.05, 4.69) is 0 Å². The summed E-state index contributed by atoms with van der Waals surface area (Å²) in [5.74, 6) is 0. The van der Waals surface area contributed by atoms with Gasteiger partial charge < -0.3 is 38.3 Å². The third-order valence-corrected chi connectivity index (χ3v) is 0. The summed E-state index contributed by atoms with van der Waals surface area (Å²) in [6.45, 7) is 0. The highest BCUT2D eigenvalue weighted by Gasteiger charge is 1.85. The second kappa shape index (κ2) is 36.4. The van der Waals surface area contributed by atoms with Crippen LogP contribution in [-0.2, 0) is 20.8 Å². The highest BCUT2D eigenvalue weighted by molar-refractivity contribution is 7.80. The van der Waals surface area contributed by atoms with Crippen LogP contribution in [0.5, 0.6) is 0 Å². The van der Waals surface area contributed by atoms with Crippen LogP contribution in [0.2, 0.25) is 0 Å². The summed E-state index contributed by atoms with van der Waals surface area (Å²) in [6.07, 6.45) is 0. The molecule has 0 bridgehead atoms. The normalized spacial score (nSPS) is 6.11. The summed E-state index contributed by atoms with van der Waals surface area (Å²) >= 11 is 0. The second-order valence-corrected chi connectivity index (χ2v) is 2.69. The van der Waals surface area contributed by atoms with E-state index in [-0.39, 0.29) is 84.4 Å². The molecule has 0 aliphatic carbocycles. The van der Waals surface area contributed by atoms with Crippen LogP contribution >= 0.6 is 0 Å². The fraction of sp³-hybridized carbons (Fsp3) is 0. The summed E-state index contributed by atoms with van der Waals surface area (Å²) in [4.78, 5) is 0. The molecule has 0 amide bonds. The van der Waals surface area contributed by atoms with Crippen molar-refractivity contribution >= 4 is 66.9 Å². The molecule has 0 unspecified atom stereocenters. The molecule has 0 aliphatic heterocycles. The van der Waals surface area contributed by atoms with Crippen LogP contribution in [0, 0.1) is 0 Å². The standard InChI is InChI=1S/2Mg.2H2O4S.7H2O.4H/c;;2*1-5(2,3)4;;;;;;;;;;;/h;;2*(H2,1,2,3,4);7*1H2;;;;. The molecule has 15 nitrogen and oxygen atoms in total. The van der Waals surface area contributed by atoms with Crippen molar-refractivity contribution in [2.75, 3.05) is 0 Å². The van der Waals surface area contributed by atoms with Gasteiger partial charge in [0.15, 0.2) is 0 Å². The van der Waals surface area contributed by atoms with Gasteiger partial charge in [0.05, 0.1) is 0 Å². The average molecular weight is 375 g/mol. The molecule has 19 heteroatoms. The Morgan fingerprint density at radius 2 is 0.421 bits per heavy atom. The van der Waals surface area contributed by atoms with E-state index in [9.17, 15) is 0 Å². The fourth-order valence-electron chi connectivity index (χ4n) is 0. The highest BCUT2D eigenvalue weighted by atomic mass is 32.3. The minimum absolute atomic E-state index is 0. The molecule has 0 saturated heterocycles. The Kier molecular flexibility index (Phi) is 171. The minimum atomic E-state index is -4.67. The lowest BCUT2D eigenvalue weighted by Crippen LogP contribution is -1.89. The van der Waals surface area contributed by atoms with E-state index < -0.39 is 20.8 Å². The van der Waals surface area contributed by atoms with Crippen LogP contribution in [0.15, 0.2) is 0 Å². The van der Waals surface area contributed by atoms with Gasteiger partial charge in [0.25, 0.3) is 0 Å².